The highest BCUT2D eigenvalue weighted by Crippen LogP contribution is 2.19. The van der Waals surface area contributed by atoms with Crippen LogP contribution in [0.1, 0.15) is 19.4 Å². The van der Waals surface area contributed by atoms with E-state index in [0.717, 1.165) is 16.5 Å². The number of aliphatic hydroxyl groups excluding tert-OH is 1. The summed E-state index contributed by atoms with van der Waals surface area (Å²) < 4.78 is 0. The lowest BCUT2D eigenvalue weighted by molar-refractivity contribution is -0.143. The fourth-order valence-electron chi connectivity index (χ4n) is 3.22. The average Bonchev–Trinajstić information content (AvgIpc) is 3.17. The van der Waals surface area contributed by atoms with Crippen LogP contribution in [0.5, 0.6) is 0 Å². The molecule has 32 heavy (non-hydrogen) atoms. The fourth-order valence-corrected chi connectivity index (χ4v) is 3.22. The number of H-pyrrole nitrogens is 1. The number of hydrogen-bond acceptors (Lipinski definition) is 6. The summed E-state index contributed by atoms with van der Waals surface area (Å²) in [5, 5.41) is 26.6. The zero-order valence-corrected chi connectivity index (χ0v) is 17.9. The molecule has 174 valence electrons. The molecule has 0 radical (unpaired) electrons. The van der Waals surface area contributed by atoms with Crippen molar-refractivity contribution < 1.29 is 29.4 Å². The predicted molar refractivity (Wildman–Crippen MR) is 116 cm³/mol. The van der Waals surface area contributed by atoms with Crippen molar-refractivity contribution in [1.29, 1.82) is 0 Å². The highest BCUT2D eigenvalue weighted by molar-refractivity contribution is 5.94. The van der Waals surface area contributed by atoms with Crippen LogP contribution in [0.4, 0.5) is 0 Å². The van der Waals surface area contributed by atoms with Gasteiger partial charge in [-0.1, -0.05) is 32.0 Å². The molecule has 1 aromatic heterocycles. The molecule has 0 bridgehead atoms. The molecule has 0 saturated carbocycles. The maximum atomic E-state index is 12.9. The molecule has 2 aromatic rings. The molecule has 2 rings (SSSR count). The van der Waals surface area contributed by atoms with Crippen molar-refractivity contribution >= 4 is 34.6 Å². The Kier molecular flexibility index (Phi) is 8.73. The number of nitrogens with one attached hydrogen (secondary N) is 4. The molecule has 0 aliphatic carbocycles. The SMILES string of the molecule is CC(C)C(NC(=O)CN)C(=O)NC(Cc1c[nH]c2ccccc12)C(=O)NC(CO)C(=O)O. The Morgan fingerprint density at radius 1 is 1.03 bits per heavy atom. The molecule has 3 amide bonds. The largest absolute Gasteiger partial charge is 0.480 e. The van der Waals surface area contributed by atoms with Crippen LogP contribution >= 0.6 is 0 Å². The van der Waals surface area contributed by atoms with Crippen LogP contribution in [-0.4, -0.2) is 70.2 Å². The second-order valence-corrected chi connectivity index (χ2v) is 7.70. The normalized spacial score (nSPS) is 13.9. The maximum Gasteiger partial charge on any atom is 0.328 e. The van der Waals surface area contributed by atoms with Gasteiger partial charge in [-0.25, -0.2) is 4.79 Å². The molecule has 1 heterocycles. The lowest BCUT2D eigenvalue weighted by Gasteiger charge is -2.26. The quantitative estimate of drug-likeness (QED) is 0.227. The van der Waals surface area contributed by atoms with Crippen molar-refractivity contribution in [2.45, 2.75) is 38.4 Å². The van der Waals surface area contributed by atoms with E-state index in [-0.39, 0.29) is 18.9 Å². The van der Waals surface area contributed by atoms with E-state index < -0.39 is 48.4 Å². The number of nitrogens with two attached hydrogens (primary N) is 1. The van der Waals surface area contributed by atoms with Gasteiger partial charge in [0.2, 0.25) is 17.7 Å². The molecule has 11 nitrogen and oxygen atoms in total. The van der Waals surface area contributed by atoms with Gasteiger partial charge in [0.05, 0.1) is 13.2 Å². The van der Waals surface area contributed by atoms with Gasteiger partial charge in [-0.2, -0.15) is 0 Å². The predicted octanol–water partition coefficient (Wildman–Crippen LogP) is -1.14. The van der Waals surface area contributed by atoms with E-state index in [4.69, 9.17) is 10.8 Å². The summed E-state index contributed by atoms with van der Waals surface area (Å²) in [6.45, 7) is 2.34. The van der Waals surface area contributed by atoms with E-state index in [1.165, 1.54) is 0 Å². The Bertz CT molecular complexity index is 972. The maximum absolute atomic E-state index is 12.9. The van der Waals surface area contributed by atoms with E-state index >= 15 is 0 Å². The summed E-state index contributed by atoms with van der Waals surface area (Å²) in [4.78, 5) is 51.8. The zero-order chi connectivity index (χ0) is 23.8. The highest BCUT2D eigenvalue weighted by Gasteiger charge is 2.31. The summed E-state index contributed by atoms with van der Waals surface area (Å²) in [5.41, 5.74) is 6.88. The van der Waals surface area contributed by atoms with Gasteiger partial charge in [-0.05, 0) is 17.5 Å². The first kappa shape index (κ1) is 24.8. The Morgan fingerprint density at radius 3 is 2.28 bits per heavy atom. The third-order valence-corrected chi connectivity index (χ3v) is 4.98. The van der Waals surface area contributed by atoms with Crippen LogP contribution in [0.25, 0.3) is 10.9 Å². The van der Waals surface area contributed by atoms with Crippen molar-refractivity contribution in [3.05, 3.63) is 36.0 Å². The summed E-state index contributed by atoms with van der Waals surface area (Å²) in [6, 6.07) is 3.75. The minimum Gasteiger partial charge on any atom is -0.480 e. The Morgan fingerprint density at radius 2 is 1.69 bits per heavy atom. The molecule has 0 aliphatic rings. The number of aliphatic hydroxyl groups is 1. The summed E-state index contributed by atoms with van der Waals surface area (Å²) in [7, 11) is 0. The minimum absolute atomic E-state index is 0.0506. The molecule has 0 fully saturated rings. The average molecular weight is 447 g/mol. The number of amides is 3. The van der Waals surface area contributed by atoms with Crippen LogP contribution < -0.4 is 21.7 Å². The van der Waals surface area contributed by atoms with Crippen molar-refractivity contribution in [3.8, 4) is 0 Å². The van der Waals surface area contributed by atoms with Crippen LogP contribution in [0.3, 0.4) is 0 Å². The van der Waals surface area contributed by atoms with Gasteiger partial charge >= 0.3 is 5.97 Å². The van der Waals surface area contributed by atoms with Crippen molar-refractivity contribution in [3.63, 3.8) is 0 Å². The molecular formula is C21H29N5O6. The van der Waals surface area contributed by atoms with E-state index in [9.17, 15) is 24.3 Å². The number of fused-ring (bicyclic) bond motifs is 1. The number of carbonyl (C=O) groups excluding carboxylic acids is 3. The first-order valence-electron chi connectivity index (χ1n) is 10.2. The Hall–Kier alpha value is -3.44. The fraction of sp³-hybridized carbons (Fsp3) is 0.429. The van der Waals surface area contributed by atoms with Crippen molar-refractivity contribution in [1.82, 2.24) is 20.9 Å². The smallest absolute Gasteiger partial charge is 0.328 e. The lowest BCUT2D eigenvalue weighted by Crippen LogP contribution is -2.58. The number of benzene rings is 1. The van der Waals surface area contributed by atoms with Crippen LogP contribution in [0, 0.1) is 5.92 Å². The van der Waals surface area contributed by atoms with Gasteiger partial charge in [0, 0.05) is 23.5 Å². The van der Waals surface area contributed by atoms with Gasteiger partial charge in [0.1, 0.15) is 18.1 Å². The molecule has 1 aromatic carbocycles. The number of carboxylic acid groups (broad SMARTS) is 1. The number of carbonyl (C=O) groups is 4. The minimum atomic E-state index is -1.53. The molecule has 3 unspecified atom stereocenters. The number of para-hydroxylation sites is 1. The van der Waals surface area contributed by atoms with Gasteiger partial charge < -0.3 is 36.9 Å². The molecular weight excluding hydrogens is 418 g/mol. The van der Waals surface area contributed by atoms with Gasteiger partial charge in [-0.15, -0.1) is 0 Å². The molecule has 3 atom stereocenters. The van der Waals surface area contributed by atoms with Crippen molar-refractivity contribution in [2.75, 3.05) is 13.2 Å². The van der Waals surface area contributed by atoms with E-state index in [1.54, 1.807) is 20.0 Å². The number of carboxylic acids is 1. The van der Waals surface area contributed by atoms with Crippen LogP contribution in [0.15, 0.2) is 30.5 Å². The van der Waals surface area contributed by atoms with Crippen LogP contribution in [0.2, 0.25) is 0 Å². The number of aromatic nitrogens is 1. The standard InChI is InChI=1S/C21H29N5O6/c1-11(2)18(26-17(28)8-22)20(30)24-15(19(29)25-16(10-27)21(31)32)7-12-9-23-14-6-4-3-5-13(12)14/h3-6,9,11,15-16,18,23,27H,7-8,10,22H2,1-2H3,(H,24,30)(H,25,29)(H,26,28)(H,31,32). The number of rotatable bonds is 11. The molecule has 0 saturated heterocycles. The molecule has 11 heteroatoms. The molecule has 8 N–H and O–H groups in total. The van der Waals surface area contributed by atoms with Gasteiger partial charge in [-0.3, -0.25) is 14.4 Å². The van der Waals surface area contributed by atoms with E-state index in [2.05, 4.69) is 20.9 Å². The third-order valence-electron chi connectivity index (χ3n) is 4.98. The van der Waals surface area contributed by atoms with E-state index in [1.807, 2.05) is 24.3 Å². The second kappa shape index (κ2) is 11.3. The zero-order valence-electron chi connectivity index (χ0n) is 17.9. The summed E-state index contributed by atoms with van der Waals surface area (Å²) >= 11 is 0. The monoisotopic (exact) mass is 447 g/mol. The van der Waals surface area contributed by atoms with Gasteiger partial charge in [0.15, 0.2) is 0 Å². The highest BCUT2D eigenvalue weighted by atomic mass is 16.4. The number of hydrogen-bond donors (Lipinski definition) is 7. The number of aliphatic carboxylic acids is 1. The third kappa shape index (κ3) is 6.28. The first-order valence-corrected chi connectivity index (χ1v) is 10.2. The lowest BCUT2D eigenvalue weighted by atomic mass is 10.0. The topological polar surface area (TPSA) is 187 Å². The molecule has 0 spiro atoms. The van der Waals surface area contributed by atoms with Crippen LogP contribution in [-0.2, 0) is 25.6 Å². The summed E-state index contributed by atoms with van der Waals surface area (Å²) in [5.74, 6) is -3.63. The molecule has 0 aliphatic heterocycles. The van der Waals surface area contributed by atoms with E-state index in [0.29, 0.717) is 0 Å². The Labute approximate surface area is 184 Å². The second-order valence-electron chi connectivity index (χ2n) is 7.70. The van der Waals surface area contributed by atoms with Gasteiger partial charge in [0.25, 0.3) is 0 Å². The summed E-state index contributed by atoms with van der Waals surface area (Å²) in [6.07, 6.45) is 1.75. The Balaban J connectivity index is 2.30. The number of aromatic amines is 1. The first-order chi connectivity index (χ1) is 15.2. The van der Waals surface area contributed by atoms with Crippen molar-refractivity contribution in [2.24, 2.45) is 11.7 Å².